The fourth-order valence-electron chi connectivity index (χ4n) is 2.08. The fourth-order valence-corrected chi connectivity index (χ4v) is 2.26. The Morgan fingerprint density at radius 2 is 2.00 bits per heavy atom. The molecule has 1 heterocycles. The first kappa shape index (κ1) is 13.1. The number of benzene rings is 1. The molecule has 0 radical (unpaired) electrons. The molecular weight excluding hydrogens is 244 g/mol. The molecule has 0 bridgehead atoms. The molecule has 0 saturated heterocycles. The summed E-state index contributed by atoms with van der Waals surface area (Å²) in [6.07, 6.45) is 2.54. The summed E-state index contributed by atoms with van der Waals surface area (Å²) in [4.78, 5) is 4.38. The summed E-state index contributed by atoms with van der Waals surface area (Å²) >= 11 is 6.12. The van der Waals surface area contributed by atoms with E-state index >= 15 is 0 Å². The van der Waals surface area contributed by atoms with Gasteiger partial charge in [-0.15, -0.1) is 0 Å². The van der Waals surface area contributed by atoms with Crippen LogP contribution in [0.2, 0.25) is 5.02 Å². The maximum atomic E-state index is 6.27. The van der Waals surface area contributed by atoms with Gasteiger partial charge in [0, 0.05) is 29.4 Å². The first-order chi connectivity index (χ1) is 8.59. The fraction of sp³-hybridized carbons (Fsp3) is 0.267. The van der Waals surface area contributed by atoms with Gasteiger partial charge >= 0.3 is 0 Å². The van der Waals surface area contributed by atoms with Crippen molar-refractivity contribution in [2.24, 2.45) is 5.73 Å². The van der Waals surface area contributed by atoms with Gasteiger partial charge in [0.25, 0.3) is 0 Å². The van der Waals surface area contributed by atoms with Crippen LogP contribution in [0.3, 0.4) is 0 Å². The first-order valence-corrected chi connectivity index (χ1v) is 6.38. The van der Waals surface area contributed by atoms with Crippen molar-refractivity contribution in [3.8, 4) is 0 Å². The molecule has 2 nitrogen and oxygen atoms in total. The van der Waals surface area contributed by atoms with Gasteiger partial charge in [-0.2, -0.15) is 0 Å². The number of hydrogen-bond donors (Lipinski definition) is 1. The maximum absolute atomic E-state index is 6.27. The lowest BCUT2D eigenvalue weighted by molar-refractivity contribution is 0.698. The van der Waals surface area contributed by atoms with Gasteiger partial charge < -0.3 is 5.73 Å². The molecule has 0 spiro atoms. The number of aryl methyl sites for hydroxylation is 1. The van der Waals surface area contributed by atoms with Gasteiger partial charge in [-0.05, 0) is 42.7 Å². The SMILES string of the molecule is Cc1cccnc1CC(N)c1cccc(Cl)c1C. The predicted octanol–water partition coefficient (Wildman–Crippen LogP) is 3.59. The van der Waals surface area contributed by atoms with Crippen molar-refractivity contribution in [2.45, 2.75) is 26.3 Å². The molecule has 2 rings (SSSR count). The third-order valence-electron chi connectivity index (χ3n) is 3.24. The predicted molar refractivity (Wildman–Crippen MR) is 75.8 cm³/mol. The van der Waals surface area contributed by atoms with Crippen molar-refractivity contribution in [1.29, 1.82) is 0 Å². The second-order valence-corrected chi connectivity index (χ2v) is 4.94. The van der Waals surface area contributed by atoms with E-state index in [4.69, 9.17) is 17.3 Å². The zero-order chi connectivity index (χ0) is 13.1. The van der Waals surface area contributed by atoms with E-state index in [0.717, 1.165) is 28.3 Å². The van der Waals surface area contributed by atoms with Crippen LogP contribution in [-0.4, -0.2) is 4.98 Å². The van der Waals surface area contributed by atoms with E-state index in [1.807, 2.05) is 31.2 Å². The average Bonchev–Trinajstić information content (AvgIpc) is 2.35. The zero-order valence-electron chi connectivity index (χ0n) is 10.7. The normalized spacial score (nSPS) is 12.4. The van der Waals surface area contributed by atoms with E-state index in [1.165, 1.54) is 5.56 Å². The number of halogens is 1. The molecule has 1 aromatic heterocycles. The first-order valence-electron chi connectivity index (χ1n) is 6.00. The second-order valence-electron chi connectivity index (χ2n) is 4.53. The Labute approximate surface area is 113 Å². The highest BCUT2D eigenvalue weighted by molar-refractivity contribution is 6.31. The summed E-state index contributed by atoms with van der Waals surface area (Å²) in [5.41, 5.74) is 10.6. The monoisotopic (exact) mass is 260 g/mol. The van der Waals surface area contributed by atoms with E-state index in [1.54, 1.807) is 6.20 Å². The Kier molecular flexibility index (Phi) is 4.00. The van der Waals surface area contributed by atoms with Crippen molar-refractivity contribution >= 4 is 11.6 Å². The van der Waals surface area contributed by atoms with E-state index in [2.05, 4.69) is 18.0 Å². The molecule has 0 aliphatic rings. The average molecular weight is 261 g/mol. The molecular formula is C15H17ClN2. The molecule has 0 saturated carbocycles. The Hall–Kier alpha value is -1.38. The van der Waals surface area contributed by atoms with Crippen molar-refractivity contribution in [3.05, 3.63) is 63.9 Å². The van der Waals surface area contributed by atoms with Crippen LogP contribution in [0, 0.1) is 13.8 Å². The Morgan fingerprint density at radius 3 is 2.72 bits per heavy atom. The molecule has 1 unspecified atom stereocenters. The van der Waals surface area contributed by atoms with Crippen LogP contribution < -0.4 is 5.73 Å². The van der Waals surface area contributed by atoms with Gasteiger partial charge in [0.15, 0.2) is 0 Å². The molecule has 0 amide bonds. The lowest BCUT2D eigenvalue weighted by Gasteiger charge is -2.16. The van der Waals surface area contributed by atoms with Crippen molar-refractivity contribution in [2.75, 3.05) is 0 Å². The minimum Gasteiger partial charge on any atom is -0.324 e. The summed E-state index contributed by atoms with van der Waals surface area (Å²) in [6.45, 7) is 4.06. The lowest BCUT2D eigenvalue weighted by Crippen LogP contribution is -2.16. The summed E-state index contributed by atoms with van der Waals surface area (Å²) in [5.74, 6) is 0. The largest absolute Gasteiger partial charge is 0.324 e. The molecule has 2 aromatic rings. The van der Waals surface area contributed by atoms with Crippen LogP contribution in [0.15, 0.2) is 36.5 Å². The molecule has 94 valence electrons. The van der Waals surface area contributed by atoms with Gasteiger partial charge in [0.05, 0.1) is 0 Å². The van der Waals surface area contributed by atoms with Gasteiger partial charge in [-0.25, -0.2) is 0 Å². The van der Waals surface area contributed by atoms with Gasteiger partial charge in [-0.1, -0.05) is 29.8 Å². The third kappa shape index (κ3) is 2.71. The number of hydrogen-bond acceptors (Lipinski definition) is 2. The number of nitrogens with zero attached hydrogens (tertiary/aromatic N) is 1. The Morgan fingerprint density at radius 1 is 1.22 bits per heavy atom. The minimum atomic E-state index is -0.0719. The van der Waals surface area contributed by atoms with Gasteiger partial charge in [0.2, 0.25) is 0 Å². The van der Waals surface area contributed by atoms with Crippen LogP contribution in [0.4, 0.5) is 0 Å². The summed E-state index contributed by atoms with van der Waals surface area (Å²) in [6, 6.07) is 9.78. The Bertz CT molecular complexity index is 552. The van der Waals surface area contributed by atoms with Crippen LogP contribution in [0.1, 0.15) is 28.4 Å². The van der Waals surface area contributed by atoms with E-state index < -0.39 is 0 Å². The Balaban J connectivity index is 2.25. The third-order valence-corrected chi connectivity index (χ3v) is 3.65. The van der Waals surface area contributed by atoms with E-state index in [9.17, 15) is 0 Å². The van der Waals surface area contributed by atoms with E-state index in [-0.39, 0.29) is 6.04 Å². The molecule has 0 fully saturated rings. The van der Waals surface area contributed by atoms with Crippen LogP contribution in [0.5, 0.6) is 0 Å². The smallest absolute Gasteiger partial charge is 0.0451 e. The number of nitrogens with two attached hydrogens (primary N) is 1. The summed E-state index contributed by atoms with van der Waals surface area (Å²) in [7, 11) is 0. The van der Waals surface area contributed by atoms with Gasteiger partial charge in [-0.3, -0.25) is 4.98 Å². The lowest BCUT2D eigenvalue weighted by atomic mass is 9.97. The summed E-state index contributed by atoms with van der Waals surface area (Å²) < 4.78 is 0. The highest BCUT2D eigenvalue weighted by atomic mass is 35.5. The van der Waals surface area contributed by atoms with Crippen LogP contribution >= 0.6 is 11.6 Å². The minimum absolute atomic E-state index is 0.0719. The maximum Gasteiger partial charge on any atom is 0.0451 e. The molecule has 1 aromatic carbocycles. The molecule has 18 heavy (non-hydrogen) atoms. The number of aromatic nitrogens is 1. The molecule has 3 heteroatoms. The highest BCUT2D eigenvalue weighted by Crippen LogP contribution is 2.25. The quantitative estimate of drug-likeness (QED) is 0.916. The van der Waals surface area contributed by atoms with Crippen molar-refractivity contribution in [3.63, 3.8) is 0 Å². The van der Waals surface area contributed by atoms with Crippen molar-refractivity contribution < 1.29 is 0 Å². The topological polar surface area (TPSA) is 38.9 Å². The van der Waals surface area contributed by atoms with Crippen molar-refractivity contribution in [1.82, 2.24) is 4.98 Å². The molecule has 0 aliphatic carbocycles. The van der Waals surface area contributed by atoms with Crippen LogP contribution in [0.25, 0.3) is 0 Å². The standard InChI is InChI=1S/C15H17ClN2/c1-10-5-4-8-18-15(10)9-14(17)12-6-3-7-13(16)11(12)2/h3-8,14H,9,17H2,1-2H3. The van der Waals surface area contributed by atoms with Crippen LogP contribution in [-0.2, 0) is 6.42 Å². The molecule has 1 atom stereocenters. The zero-order valence-corrected chi connectivity index (χ0v) is 11.4. The number of pyridine rings is 1. The highest BCUT2D eigenvalue weighted by Gasteiger charge is 2.13. The van der Waals surface area contributed by atoms with E-state index in [0.29, 0.717) is 0 Å². The molecule has 2 N–H and O–H groups in total. The van der Waals surface area contributed by atoms with Gasteiger partial charge in [0.1, 0.15) is 0 Å². The second kappa shape index (κ2) is 5.51. The summed E-state index contributed by atoms with van der Waals surface area (Å²) in [5, 5.41) is 0.765. The molecule has 0 aliphatic heterocycles. The number of rotatable bonds is 3.